The minimum atomic E-state index is -0.729. The van der Waals surface area contributed by atoms with E-state index >= 15 is 0 Å². The number of aryl methyl sites for hydroxylation is 1. The molecule has 2 heterocycles. The van der Waals surface area contributed by atoms with Gasteiger partial charge in [-0.05, 0) is 54.8 Å². The first-order valence-electron chi connectivity index (χ1n) is 8.90. The van der Waals surface area contributed by atoms with Gasteiger partial charge in [0.15, 0.2) is 0 Å². The first-order valence-corrected chi connectivity index (χ1v) is 8.90. The van der Waals surface area contributed by atoms with E-state index < -0.39 is 23.5 Å². The summed E-state index contributed by atoms with van der Waals surface area (Å²) in [5.41, 5.74) is 1.37. The van der Waals surface area contributed by atoms with E-state index in [-0.39, 0.29) is 11.3 Å². The van der Waals surface area contributed by atoms with Crippen LogP contribution in [0.5, 0.6) is 0 Å². The maximum Gasteiger partial charge on any atom is 0.295 e. The molecule has 1 amide bonds. The van der Waals surface area contributed by atoms with Gasteiger partial charge < -0.3 is 10.0 Å². The fraction of sp³-hybridized carbons (Fsp3) is 0.286. The quantitative estimate of drug-likeness (QED) is 0.496. The molecule has 0 spiro atoms. The summed E-state index contributed by atoms with van der Waals surface area (Å²) in [6.07, 6.45) is 4.77. The predicted octanol–water partition coefficient (Wildman–Crippen LogP) is 3.75. The van der Waals surface area contributed by atoms with Gasteiger partial charge in [0.1, 0.15) is 11.6 Å². The van der Waals surface area contributed by atoms with E-state index in [1.54, 1.807) is 31.5 Å². The molecule has 3 rings (SSSR count). The van der Waals surface area contributed by atoms with E-state index in [1.165, 1.54) is 23.1 Å². The molecule has 27 heavy (non-hydrogen) atoms. The highest BCUT2D eigenvalue weighted by Gasteiger charge is 2.45. The molecule has 1 aromatic heterocycles. The van der Waals surface area contributed by atoms with Crippen LogP contribution in [0.3, 0.4) is 0 Å². The van der Waals surface area contributed by atoms with Gasteiger partial charge in [0.25, 0.3) is 11.7 Å². The van der Waals surface area contributed by atoms with Crippen LogP contribution in [0.25, 0.3) is 5.76 Å². The predicted molar refractivity (Wildman–Crippen MR) is 99.3 cm³/mol. The molecule has 1 N–H and O–H groups in total. The Kier molecular flexibility index (Phi) is 5.35. The molecular weight excluding hydrogens is 347 g/mol. The van der Waals surface area contributed by atoms with Crippen molar-refractivity contribution in [3.8, 4) is 0 Å². The fourth-order valence-corrected chi connectivity index (χ4v) is 3.28. The van der Waals surface area contributed by atoms with Gasteiger partial charge in [0.2, 0.25) is 0 Å². The number of halogens is 1. The molecule has 0 bridgehead atoms. The maximum absolute atomic E-state index is 13.6. The van der Waals surface area contributed by atoms with Crippen molar-refractivity contribution in [1.82, 2.24) is 9.88 Å². The standard InChI is InChI=1S/C21H21FN2O3/c1-3-4-11-24-18(14-7-9-23-10-8-14)17(20(26)21(24)27)19(25)15-5-6-16(22)13(2)12-15/h5-10,12,18,25H,3-4,11H2,1-2H3/b19-17-. The van der Waals surface area contributed by atoms with E-state index in [9.17, 15) is 19.1 Å². The molecule has 1 fully saturated rings. The van der Waals surface area contributed by atoms with E-state index in [1.807, 2.05) is 6.92 Å². The number of pyridine rings is 1. The normalized spacial score (nSPS) is 18.9. The van der Waals surface area contributed by atoms with Crippen LogP contribution in [0, 0.1) is 12.7 Å². The van der Waals surface area contributed by atoms with Crippen molar-refractivity contribution in [2.75, 3.05) is 6.54 Å². The highest BCUT2D eigenvalue weighted by atomic mass is 19.1. The topological polar surface area (TPSA) is 70.5 Å². The number of carbonyl (C=O) groups excluding carboxylic acids is 2. The summed E-state index contributed by atoms with van der Waals surface area (Å²) in [5, 5.41) is 10.8. The second-order valence-corrected chi connectivity index (χ2v) is 6.59. The number of likely N-dealkylation sites (tertiary alicyclic amines) is 1. The largest absolute Gasteiger partial charge is 0.507 e. The Bertz CT molecular complexity index is 909. The molecule has 5 nitrogen and oxygen atoms in total. The molecule has 1 aromatic carbocycles. The number of ketones is 1. The first-order chi connectivity index (χ1) is 13.0. The van der Waals surface area contributed by atoms with Crippen molar-refractivity contribution in [3.63, 3.8) is 0 Å². The van der Waals surface area contributed by atoms with Gasteiger partial charge >= 0.3 is 0 Å². The monoisotopic (exact) mass is 368 g/mol. The van der Waals surface area contributed by atoms with Crippen molar-refractivity contribution in [2.45, 2.75) is 32.7 Å². The minimum absolute atomic E-state index is 0.0216. The maximum atomic E-state index is 13.6. The third-order valence-corrected chi connectivity index (χ3v) is 4.75. The van der Waals surface area contributed by atoms with Gasteiger partial charge in [0.05, 0.1) is 11.6 Å². The lowest BCUT2D eigenvalue weighted by Gasteiger charge is -2.25. The second kappa shape index (κ2) is 7.70. The Hall–Kier alpha value is -3.02. The SMILES string of the molecule is CCCCN1C(=O)C(=O)/C(=C(\O)c2ccc(F)c(C)c2)C1c1ccncc1. The zero-order valence-electron chi connectivity index (χ0n) is 15.3. The van der Waals surface area contributed by atoms with Crippen molar-refractivity contribution >= 4 is 17.4 Å². The summed E-state index contributed by atoms with van der Waals surface area (Å²) in [5.74, 6) is -2.06. The van der Waals surface area contributed by atoms with Gasteiger partial charge in [-0.3, -0.25) is 14.6 Å². The first kappa shape index (κ1) is 18.8. The number of rotatable bonds is 5. The Morgan fingerprint density at radius 2 is 1.93 bits per heavy atom. The average Bonchev–Trinajstić information content (AvgIpc) is 2.93. The number of aromatic nitrogens is 1. The Balaban J connectivity index is 2.16. The van der Waals surface area contributed by atoms with E-state index in [0.29, 0.717) is 23.2 Å². The second-order valence-electron chi connectivity index (χ2n) is 6.59. The van der Waals surface area contributed by atoms with Crippen LogP contribution in [0.15, 0.2) is 48.3 Å². The van der Waals surface area contributed by atoms with Crippen LogP contribution in [0.1, 0.15) is 42.5 Å². The molecule has 0 radical (unpaired) electrons. The molecule has 1 aliphatic heterocycles. The number of aliphatic hydroxyl groups excluding tert-OH is 1. The van der Waals surface area contributed by atoms with Gasteiger partial charge in [-0.1, -0.05) is 13.3 Å². The number of carbonyl (C=O) groups is 2. The average molecular weight is 368 g/mol. The molecule has 6 heteroatoms. The van der Waals surface area contributed by atoms with Crippen LogP contribution >= 0.6 is 0 Å². The van der Waals surface area contributed by atoms with Crippen LogP contribution in [-0.2, 0) is 9.59 Å². The summed E-state index contributed by atoms with van der Waals surface area (Å²) in [4.78, 5) is 30.8. The number of nitrogens with zero attached hydrogens (tertiary/aromatic N) is 2. The van der Waals surface area contributed by atoms with Crippen molar-refractivity contribution in [1.29, 1.82) is 0 Å². The molecule has 1 saturated heterocycles. The number of hydrogen-bond acceptors (Lipinski definition) is 4. The van der Waals surface area contributed by atoms with Crippen molar-refractivity contribution < 1.29 is 19.1 Å². The van der Waals surface area contributed by atoms with Crippen molar-refractivity contribution in [2.24, 2.45) is 0 Å². The smallest absolute Gasteiger partial charge is 0.295 e. The van der Waals surface area contributed by atoms with Gasteiger partial charge in [-0.15, -0.1) is 0 Å². The van der Waals surface area contributed by atoms with Crippen LogP contribution in [0.2, 0.25) is 0 Å². The van der Waals surface area contributed by atoms with Crippen molar-refractivity contribution in [3.05, 3.63) is 70.8 Å². The third-order valence-electron chi connectivity index (χ3n) is 4.75. The number of aliphatic hydroxyl groups is 1. The van der Waals surface area contributed by atoms with Gasteiger partial charge in [0, 0.05) is 24.5 Å². The Labute approximate surface area is 157 Å². The summed E-state index contributed by atoms with van der Waals surface area (Å²) in [7, 11) is 0. The van der Waals surface area contributed by atoms with E-state index in [4.69, 9.17) is 0 Å². The molecule has 140 valence electrons. The molecule has 1 atom stereocenters. The molecule has 2 aromatic rings. The minimum Gasteiger partial charge on any atom is -0.507 e. The van der Waals surface area contributed by atoms with E-state index in [0.717, 1.165) is 12.8 Å². The number of hydrogen-bond donors (Lipinski definition) is 1. The fourth-order valence-electron chi connectivity index (χ4n) is 3.28. The highest BCUT2D eigenvalue weighted by molar-refractivity contribution is 6.46. The summed E-state index contributed by atoms with van der Waals surface area (Å²) >= 11 is 0. The Morgan fingerprint density at radius 3 is 2.56 bits per heavy atom. The van der Waals surface area contributed by atoms with Crippen LogP contribution < -0.4 is 0 Å². The summed E-state index contributed by atoms with van der Waals surface area (Å²) in [6.45, 7) is 3.99. The zero-order chi connectivity index (χ0) is 19.6. The van der Waals surface area contributed by atoms with E-state index in [2.05, 4.69) is 4.98 Å². The number of benzene rings is 1. The molecule has 0 aliphatic carbocycles. The molecule has 0 saturated carbocycles. The number of unbranched alkanes of at least 4 members (excludes halogenated alkanes) is 1. The highest BCUT2D eigenvalue weighted by Crippen LogP contribution is 2.39. The lowest BCUT2D eigenvalue weighted by atomic mass is 9.95. The van der Waals surface area contributed by atoms with Crippen LogP contribution in [-0.4, -0.2) is 33.2 Å². The summed E-state index contributed by atoms with van der Waals surface area (Å²) in [6, 6.07) is 6.86. The number of amides is 1. The lowest BCUT2D eigenvalue weighted by Crippen LogP contribution is -2.30. The molecule has 1 unspecified atom stereocenters. The van der Waals surface area contributed by atoms with Gasteiger partial charge in [-0.2, -0.15) is 0 Å². The molecule has 1 aliphatic rings. The van der Waals surface area contributed by atoms with Crippen LogP contribution in [0.4, 0.5) is 4.39 Å². The summed E-state index contributed by atoms with van der Waals surface area (Å²) < 4.78 is 13.6. The number of Topliss-reactive ketones (excluding diaryl/α,β-unsaturated/α-hetero) is 1. The lowest BCUT2D eigenvalue weighted by molar-refractivity contribution is -0.139. The molecular formula is C21H21FN2O3. The third kappa shape index (κ3) is 3.47. The van der Waals surface area contributed by atoms with Gasteiger partial charge in [-0.25, -0.2) is 4.39 Å². The Morgan fingerprint density at radius 1 is 1.22 bits per heavy atom. The zero-order valence-corrected chi connectivity index (χ0v) is 15.3.